The number of nitrogens with two attached hydrogens (primary N) is 1. The highest BCUT2D eigenvalue weighted by atomic mass is 35.5. The molecule has 1 amide bonds. The first-order valence-corrected chi connectivity index (χ1v) is 7.56. The van der Waals surface area contributed by atoms with Gasteiger partial charge in [0, 0.05) is 24.0 Å². The molecule has 0 spiro atoms. The molecule has 0 aliphatic rings. The lowest BCUT2D eigenvalue weighted by molar-refractivity contribution is -0.130. The van der Waals surface area contributed by atoms with Crippen LogP contribution >= 0.6 is 22.9 Å². The average molecular weight is 309 g/mol. The quantitative estimate of drug-likeness (QED) is 0.858. The molecule has 3 nitrogen and oxygen atoms in total. The Kier molecular flexibility index (Phi) is 5.04. The predicted molar refractivity (Wildman–Crippen MR) is 85.0 cm³/mol. The topological polar surface area (TPSA) is 46.3 Å². The van der Waals surface area contributed by atoms with Crippen LogP contribution in [0.4, 0.5) is 5.69 Å². The van der Waals surface area contributed by atoms with Gasteiger partial charge in [0.15, 0.2) is 0 Å². The minimum atomic E-state index is 0.122. The number of carbonyl (C=O) groups excluding carboxylic acids is 1. The number of thiophene rings is 1. The lowest BCUT2D eigenvalue weighted by Gasteiger charge is -2.16. The number of carbonyl (C=O) groups is 1. The summed E-state index contributed by atoms with van der Waals surface area (Å²) in [6.07, 6.45) is 1.19. The molecule has 0 bridgehead atoms. The number of nitrogens with zero attached hydrogens (tertiary/aromatic N) is 1. The molecule has 2 rings (SSSR count). The van der Waals surface area contributed by atoms with Crippen LogP contribution < -0.4 is 5.73 Å². The summed E-state index contributed by atoms with van der Waals surface area (Å²) < 4.78 is 0.751. The second-order valence-corrected chi connectivity index (χ2v) is 6.50. The van der Waals surface area contributed by atoms with Crippen molar-refractivity contribution in [2.24, 2.45) is 0 Å². The van der Waals surface area contributed by atoms with Crippen molar-refractivity contribution in [1.82, 2.24) is 4.90 Å². The van der Waals surface area contributed by atoms with Gasteiger partial charge in [-0.3, -0.25) is 4.79 Å². The lowest BCUT2D eigenvalue weighted by atomic mass is 10.1. The summed E-state index contributed by atoms with van der Waals surface area (Å²) in [5.41, 5.74) is 7.54. The molecular weight excluding hydrogens is 292 g/mol. The summed E-state index contributed by atoms with van der Waals surface area (Å²) >= 11 is 7.39. The number of anilines is 1. The number of aryl methyl sites for hydroxylation is 1. The normalized spacial score (nSPS) is 10.5. The van der Waals surface area contributed by atoms with Gasteiger partial charge in [0.2, 0.25) is 5.91 Å². The largest absolute Gasteiger partial charge is 0.399 e. The van der Waals surface area contributed by atoms with E-state index in [1.54, 1.807) is 4.90 Å². The van der Waals surface area contributed by atoms with Crippen LogP contribution in [0.15, 0.2) is 36.4 Å². The number of hydrogen-bond acceptors (Lipinski definition) is 3. The van der Waals surface area contributed by atoms with Crippen LogP contribution in [0.3, 0.4) is 0 Å². The number of halogens is 1. The van der Waals surface area contributed by atoms with Gasteiger partial charge in [-0.05, 0) is 36.2 Å². The lowest BCUT2D eigenvalue weighted by Crippen LogP contribution is -2.25. The van der Waals surface area contributed by atoms with Crippen molar-refractivity contribution in [2.45, 2.75) is 19.4 Å². The molecule has 0 saturated heterocycles. The van der Waals surface area contributed by atoms with Gasteiger partial charge in [0.25, 0.3) is 0 Å². The third-order valence-electron chi connectivity index (χ3n) is 3.03. The predicted octanol–water partition coefficient (Wildman–Crippen LogP) is 3.57. The summed E-state index contributed by atoms with van der Waals surface area (Å²) in [4.78, 5) is 14.9. The highest BCUT2D eigenvalue weighted by Crippen LogP contribution is 2.22. The summed E-state index contributed by atoms with van der Waals surface area (Å²) in [7, 11) is 1.81. The second kappa shape index (κ2) is 6.77. The number of benzene rings is 1. The molecule has 0 aliphatic heterocycles. The Bertz CT molecular complexity index is 597. The van der Waals surface area contributed by atoms with Crippen molar-refractivity contribution >= 4 is 34.5 Å². The van der Waals surface area contributed by atoms with E-state index < -0.39 is 0 Å². The zero-order valence-corrected chi connectivity index (χ0v) is 12.9. The van der Waals surface area contributed by atoms with Gasteiger partial charge in [-0.1, -0.05) is 23.7 Å². The van der Waals surface area contributed by atoms with Crippen molar-refractivity contribution in [3.63, 3.8) is 0 Å². The Morgan fingerprint density at radius 1 is 1.35 bits per heavy atom. The molecule has 0 unspecified atom stereocenters. The Balaban J connectivity index is 1.85. The minimum Gasteiger partial charge on any atom is -0.399 e. The van der Waals surface area contributed by atoms with Crippen LogP contribution in [-0.4, -0.2) is 17.9 Å². The van der Waals surface area contributed by atoms with Crippen molar-refractivity contribution < 1.29 is 4.79 Å². The number of rotatable bonds is 5. The second-order valence-electron chi connectivity index (χ2n) is 4.70. The van der Waals surface area contributed by atoms with E-state index in [1.165, 1.54) is 11.3 Å². The fourth-order valence-electron chi connectivity index (χ4n) is 1.95. The van der Waals surface area contributed by atoms with Crippen molar-refractivity contribution in [3.8, 4) is 0 Å². The van der Waals surface area contributed by atoms with E-state index in [0.29, 0.717) is 19.4 Å². The van der Waals surface area contributed by atoms with Crippen molar-refractivity contribution in [1.29, 1.82) is 0 Å². The molecular formula is C15H17ClN2OS. The molecule has 0 aliphatic carbocycles. The zero-order chi connectivity index (χ0) is 14.5. The Morgan fingerprint density at radius 2 is 2.15 bits per heavy atom. The average Bonchev–Trinajstić information content (AvgIpc) is 2.81. The molecule has 1 aromatic heterocycles. The maximum atomic E-state index is 12.1. The molecule has 2 aromatic rings. The van der Waals surface area contributed by atoms with E-state index >= 15 is 0 Å². The Morgan fingerprint density at radius 3 is 2.80 bits per heavy atom. The van der Waals surface area contributed by atoms with Gasteiger partial charge in [-0.2, -0.15) is 0 Å². The molecule has 0 fully saturated rings. The van der Waals surface area contributed by atoms with E-state index in [-0.39, 0.29) is 5.91 Å². The van der Waals surface area contributed by atoms with Crippen molar-refractivity contribution in [3.05, 3.63) is 51.2 Å². The van der Waals surface area contributed by atoms with E-state index in [1.807, 2.05) is 43.4 Å². The molecule has 0 saturated carbocycles. The van der Waals surface area contributed by atoms with Crippen LogP contribution in [0, 0.1) is 0 Å². The molecule has 0 radical (unpaired) electrons. The van der Waals surface area contributed by atoms with E-state index in [2.05, 4.69) is 0 Å². The monoisotopic (exact) mass is 308 g/mol. The SMILES string of the molecule is CN(Cc1ccc(Cl)s1)C(=O)CCc1cccc(N)c1. The third-order valence-corrected chi connectivity index (χ3v) is 4.24. The van der Waals surface area contributed by atoms with Crippen molar-refractivity contribution in [2.75, 3.05) is 12.8 Å². The third kappa shape index (κ3) is 4.25. The van der Waals surface area contributed by atoms with Gasteiger partial charge in [0.1, 0.15) is 0 Å². The molecule has 0 atom stereocenters. The zero-order valence-electron chi connectivity index (χ0n) is 11.3. The summed E-state index contributed by atoms with van der Waals surface area (Å²) in [5, 5.41) is 0. The highest BCUT2D eigenvalue weighted by Gasteiger charge is 2.10. The first kappa shape index (κ1) is 14.9. The fourth-order valence-corrected chi connectivity index (χ4v) is 3.09. The van der Waals surface area contributed by atoms with Crippen LogP contribution in [-0.2, 0) is 17.8 Å². The standard InChI is InChI=1S/C15H17ClN2OS/c1-18(10-13-6-7-14(16)20-13)15(19)8-5-11-3-2-4-12(17)9-11/h2-4,6-7,9H,5,8,10,17H2,1H3. The van der Waals surface area contributed by atoms with E-state index in [9.17, 15) is 4.79 Å². The van der Waals surface area contributed by atoms with Gasteiger partial charge < -0.3 is 10.6 Å². The minimum absolute atomic E-state index is 0.122. The van der Waals surface area contributed by atoms with Crippen LogP contribution in [0.2, 0.25) is 4.34 Å². The maximum absolute atomic E-state index is 12.1. The first-order valence-electron chi connectivity index (χ1n) is 6.37. The van der Waals surface area contributed by atoms with Gasteiger partial charge >= 0.3 is 0 Å². The number of hydrogen-bond donors (Lipinski definition) is 1. The Hall–Kier alpha value is -1.52. The molecule has 1 heterocycles. The molecule has 5 heteroatoms. The van der Waals surface area contributed by atoms with Gasteiger partial charge in [-0.25, -0.2) is 0 Å². The number of amides is 1. The van der Waals surface area contributed by atoms with Gasteiger partial charge in [0.05, 0.1) is 10.9 Å². The highest BCUT2D eigenvalue weighted by molar-refractivity contribution is 7.16. The molecule has 2 N–H and O–H groups in total. The maximum Gasteiger partial charge on any atom is 0.222 e. The number of nitrogen functional groups attached to an aromatic ring is 1. The summed E-state index contributed by atoms with van der Waals surface area (Å²) in [6.45, 7) is 0.604. The Labute approximate surface area is 128 Å². The van der Waals surface area contributed by atoms with Gasteiger partial charge in [-0.15, -0.1) is 11.3 Å². The van der Waals surface area contributed by atoms with Crippen LogP contribution in [0.5, 0.6) is 0 Å². The summed E-state index contributed by atoms with van der Waals surface area (Å²) in [5.74, 6) is 0.122. The smallest absolute Gasteiger partial charge is 0.222 e. The van der Waals surface area contributed by atoms with Crippen LogP contribution in [0.25, 0.3) is 0 Å². The molecule has 1 aromatic carbocycles. The van der Waals surface area contributed by atoms with E-state index in [0.717, 1.165) is 20.5 Å². The fraction of sp³-hybridized carbons (Fsp3) is 0.267. The molecule has 106 valence electrons. The van der Waals surface area contributed by atoms with E-state index in [4.69, 9.17) is 17.3 Å². The molecule has 20 heavy (non-hydrogen) atoms. The van der Waals surface area contributed by atoms with Crippen LogP contribution in [0.1, 0.15) is 16.9 Å². The first-order chi connectivity index (χ1) is 9.54. The summed E-state index contributed by atoms with van der Waals surface area (Å²) in [6, 6.07) is 11.5.